The Kier molecular flexibility index (Phi) is 7.04. The Morgan fingerprint density at radius 1 is 0.786 bits per heavy atom. The SMILES string of the molecule is CCOCCOc1ccc(-c2cccc(COc3ccccc3)c2C)c(C)n1. The van der Waals surface area contributed by atoms with E-state index in [9.17, 15) is 0 Å². The first-order valence-corrected chi connectivity index (χ1v) is 9.64. The molecule has 0 N–H and O–H groups in total. The van der Waals surface area contributed by atoms with Crippen molar-refractivity contribution in [1.82, 2.24) is 4.98 Å². The summed E-state index contributed by atoms with van der Waals surface area (Å²) < 4.78 is 16.9. The molecule has 3 rings (SSSR count). The van der Waals surface area contributed by atoms with Crippen molar-refractivity contribution < 1.29 is 14.2 Å². The number of hydrogen-bond donors (Lipinski definition) is 0. The van der Waals surface area contributed by atoms with Gasteiger partial charge < -0.3 is 14.2 Å². The minimum absolute atomic E-state index is 0.505. The van der Waals surface area contributed by atoms with Crippen LogP contribution in [0.15, 0.2) is 60.7 Å². The molecular weight excluding hydrogens is 350 g/mol. The molecule has 0 radical (unpaired) electrons. The van der Waals surface area contributed by atoms with E-state index in [1.807, 2.05) is 50.2 Å². The molecule has 0 bridgehead atoms. The van der Waals surface area contributed by atoms with Crippen molar-refractivity contribution in [3.63, 3.8) is 0 Å². The molecule has 0 amide bonds. The number of para-hydroxylation sites is 1. The van der Waals surface area contributed by atoms with E-state index in [1.165, 1.54) is 11.1 Å². The molecule has 0 aliphatic carbocycles. The van der Waals surface area contributed by atoms with Gasteiger partial charge in [-0.2, -0.15) is 0 Å². The van der Waals surface area contributed by atoms with E-state index in [0.29, 0.717) is 32.3 Å². The second-order valence-corrected chi connectivity index (χ2v) is 6.52. The first kappa shape index (κ1) is 19.9. The van der Waals surface area contributed by atoms with Crippen LogP contribution in [0.3, 0.4) is 0 Å². The van der Waals surface area contributed by atoms with Crippen LogP contribution in [0.4, 0.5) is 0 Å². The zero-order valence-electron chi connectivity index (χ0n) is 16.8. The average Bonchev–Trinajstić information content (AvgIpc) is 2.72. The molecule has 0 aliphatic heterocycles. The highest BCUT2D eigenvalue weighted by Crippen LogP contribution is 2.29. The van der Waals surface area contributed by atoms with Crippen molar-refractivity contribution in [3.8, 4) is 22.8 Å². The minimum atomic E-state index is 0.505. The zero-order chi connectivity index (χ0) is 19.8. The molecule has 0 spiro atoms. The van der Waals surface area contributed by atoms with Gasteiger partial charge in [-0.05, 0) is 55.7 Å². The zero-order valence-corrected chi connectivity index (χ0v) is 16.8. The monoisotopic (exact) mass is 377 g/mol. The van der Waals surface area contributed by atoms with Gasteiger partial charge in [0.1, 0.15) is 19.0 Å². The van der Waals surface area contributed by atoms with Gasteiger partial charge in [-0.1, -0.05) is 36.4 Å². The Labute approximate surface area is 167 Å². The van der Waals surface area contributed by atoms with Gasteiger partial charge in [0.2, 0.25) is 5.88 Å². The number of pyridine rings is 1. The fraction of sp³-hybridized carbons (Fsp3) is 0.292. The summed E-state index contributed by atoms with van der Waals surface area (Å²) in [5.41, 5.74) is 5.58. The first-order chi connectivity index (χ1) is 13.7. The second-order valence-electron chi connectivity index (χ2n) is 6.52. The molecule has 4 nitrogen and oxygen atoms in total. The van der Waals surface area contributed by atoms with Gasteiger partial charge >= 0.3 is 0 Å². The van der Waals surface area contributed by atoms with Crippen molar-refractivity contribution in [1.29, 1.82) is 0 Å². The summed E-state index contributed by atoms with van der Waals surface area (Å²) in [4.78, 5) is 4.60. The maximum absolute atomic E-state index is 5.93. The Hall–Kier alpha value is -2.85. The minimum Gasteiger partial charge on any atom is -0.489 e. The van der Waals surface area contributed by atoms with Crippen LogP contribution in [0.25, 0.3) is 11.1 Å². The summed E-state index contributed by atoms with van der Waals surface area (Å²) in [5, 5.41) is 0. The number of ether oxygens (including phenoxy) is 3. The van der Waals surface area contributed by atoms with Gasteiger partial charge in [-0.15, -0.1) is 0 Å². The third kappa shape index (κ3) is 5.11. The fourth-order valence-electron chi connectivity index (χ4n) is 3.06. The van der Waals surface area contributed by atoms with Crippen LogP contribution in [0.5, 0.6) is 11.6 Å². The van der Waals surface area contributed by atoms with Gasteiger partial charge in [-0.3, -0.25) is 0 Å². The predicted octanol–water partition coefficient (Wildman–Crippen LogP) is 5.36. The predicted molar refractivity (Wildman–Crippen MR) is 112 cm³/mol. The number of benzene rings is 2. The number of rotatable bonds is 9. The normalized spacial score (nSPS) is 10.7. The van der Waals surface area contributed by atoms with Crippen molar-refractivity contribution in [2.45, 2.75) is 27.4 Å². The largest absolute Gasteiger partial charge is 0.489 e. The van der Waals surface area contributed by atoms with Crippen LogP contribution in [0.2, 0.25) is 0 Å². The van der Waals surface area contributed by atoms with Crippen LogP contribution in [-0.2, 0) is 11.3 Å². The van der Waals surface area contributed by atoms with Crippen LogP contribution in [-0.4, -0.2) is 24.8 Å². The highest BCUT2D eigenvalue weighted by Gasteiger charge is 2.11. The number of nitrogens with zero attached hydrogens (tertiary/aromatic N) is 1. The van der Waals surface area contributed by atoms with Crippen molar-refractivity contribution in [2.24, 2.45) is 0 Å². The first-order valence-electron chi connectivity index (χ1n) is 9.64. The maximum Gasteiger partial charge on any atom is 0.213 e. The van der Waals surface area contributed by atoms with Crippen molar-refractivity contribution in [3.05, 3.63) is 77.5 Å². The lowest BCUT2D eigenvalue weighted by Crippen LogP contribution is -2.07. The summed E-state index contributed by atoms with van der Waals surface area (Å²) in [6.07, 6.45) is 0. The van der Waals surface area contributed by atoms with E-state index in [-0.39, 0.29) is 0 Å². The van der Waals surface area contributed by atoms with Gasteiger partial charge in [-0.25, -0.2) is 4.98 Å². The molecule has 0 atom stereocenters. The quantitative estimate of drug-likeness (QED) is 0.471. The van der Waals surface area contributed by atoms with Crippen LogP contribution in [0, 0.1) is 13.8 Å². The molecule has 0 saturated carbocycles. The van der Waals surface area contributed by atoms with Gasteiger partial charge in [0, 0.05) is 23.9 Å². The lowest BCUT2D eigenvalue weighted by Gasteiger charge is -2.15. The van der Waals surface area contributed by atoms with E-state index in [1.54, 1.807) is 0 Å². The summed E-state index contributed by atoms with van der Waals surface area (Å²) in [7, 11) is 0. The van der Waals surface area contributed by atoms with E-state index < -0.39 is 0 Å². The molecule has 0 aliphatic rings. The number of hydrogen-bond acceptors (Lipinski definition) is 4. The molecule has 1 aromatic heterocycles. The molecule has 0 unspecified atom stereocenters. The maximum atomic E-state index is 5.93. The summed E-state index contributed by atoms with van der Waals surface area (Å²) in [6, 6.07) is 20.2. The van der Waals surface area contributed by atoms with E-state index in [2.05, 4.69) is 36.2 Å². The van der Waals surface area contributed by atoms with Crippen molar-refractivity contribution in [2.75, 3.05) is 19.8 Å². The highest BCUT2D eigenvalue weighted by atomic mass is 16.5. The second kappa shape index (κ2) is 9.90. The number of aryl methyl sites for hydroxylation is 1. The smallest absolute Gasteiger partial charge is 0.213 e. The topological polar surface area (TPSA) is 40.6 Å². The van der Waals surface area contributed by atoms with Gasteiger partial charge in [0.15, 0.2) is 0 Å². The molecule has 3 aromatic rings. The lowest BCUT2D eigenvalue weighted by molar-refractivity contribution is 0.108. The molecule has 2 aromatic carbocycles. The third-order valence-corrected chi connectivity index (χ3v) is 4.62. The van der Waals surface area contributed by atoms with E-state index in [4.69, 9.17) is 14.2 Å². The van der Waals surface area contributed by atoms with E-state index >= 15 is 0 Å². The molecular formula is C24H27NO3. The van der Waals surface area contributed by atoms with E-state index in [0.717, 1.165) is 22.6 Å². The molecule has 146 valence electrons. The summed E-state index contributed by atoms with van der Waals surface area (Å²) in [6.45, 7) is 8.42. The Morgan fingerprint density at radius 3 is 2.36 bits per heavy atom. The average molecular weight is 377 g/mol. The molecule has 4 heteroatoms. The third-order valence-electron chi connectivity index (χ3n) is 4.62. The molecule has 1 heterocycles. The molecule has 28 heavy (non-hydrogen) atoms. The summed E-state index contributed by atoms with van der Waals surface area (Å²) in [5.74, 6) is 1.50. The van der Waals surface area contributed by atoms with Crippen LogP contribution in [0.1, 0.15) is 23.7 Å². The van der Waals surface area contributed by atoms with Gasteiger partial charge in [0.25, 0.3) is 0 Å². The fourth-order valence-corrected chi connectivity index (χ4v) is 3.06. The molecule has 0 saturated heterocycles. The Morgan fingerprint density at radius 2 is 1.61 bits per heavy atom. The standard InChI is InChI=1S/C24H27NO3/c1-4-26-15-16-27-24-14-13-23(19(3)25-24)22-12-8-9-20(18(22)2)17-28-21-10-6-5-7-11-21/h5-14H,4,15-17H2,1-3H3. The Bertz CT molecular complexity index is 894. The lowest BCUT2D eigenvalue weighted by atomic mass is 9.96. The van der Waals surface area contributed by atoms with Crippen LogP contribution < -0.4 is 9.47 Å². The molecule has 0 fully saturated rings. The summed E-state index contributed by atoms with van der Waals surface area (Å²) >= 11 is 0. The van der Waals surface area contributed by atoms with Crippen LogP contribution >= 0.6 is 0 Å². The Balaban J connectivity index is 1.74. The number of aromatic nitrogens is 1. The van der Waals surface area contributed by atoms with Gasteiger partial charge in [0.05, 0.1) is 6.61 Å². The van der Waals surface area contributed by atoms with Crippen molar-refractivity contribution >= 4 is 0 Å². The highest BCUT2D eigenvalue weighted by molar-refractivity contribution is 5.70.